The molecule has 0 saturated heterocycles. The predicted molar refractivity (Wildman–Crippen MR) is 88.7 cm³/mol. The molecule has 3 rings (SSSR count). The van der Waals surface area contributed by atoms with Crippen LogP contribution in [0.5, 0.6) is 0 Å². The summed E-state index contributed by atoms with van der Waals surface area (Å²) in [7, 11) is 3.79. The molecule has 0 spiro atoms. The Bertz CT molecular complexity index is 733. The molecule has 0 unspecified atom stereocenters. The summed E-state index contributed by atoms with van der Waals surface area (Å²) >= 11 is 0. The van der Waals surface area contributed by atoms with Gasteiger partial charge in [-0.2, -0.15) is 10.1 Å². The summed E-state index contributed by atoms with van der Waals surface area (Å²) in [5.41, 5.74) is 2.99. The molecule has 0 aromatic heterocycles. The van der Waals surface area contributed by atoms with Gasteiger partial charge in [0.25, 0.3) is 5.91 Å². The van der Waals surface area contributed by atoms with Crippen LogP contribution in [0.4, 0.5) is 5.69 Å². The molecule has 0 aliphatic carbocycles. The highest BCUT2D eigenvalue weighted by Crippen LogP contribution is 2.26. The third-order valence-electron chi connectivity index (χ3n) is 3.31. The average molecular weight is 291 g/mol. The van der Waals surface area contributed by atoms with Crippen LogP contribution in [0.1, 0.15) is 5.56 Å². The number of rotatable bonds is 3. The Kier molecular flexibility index (Phi) is 3.74. The molecular weight excluding hydrogens is 274 g/mol. The van der Waals surface area contributed by atoms with Crippen molar-refractivity contribution in [3.05, 3.63) is 78.0 Å². The lowest BCUT2D eigenvalue weighted by Crippen LogP contribution is -2.22. The SMILES string of the molecule is CN(C)/C=C1/C(=O)N(c2ccccc2)N=C1c1ccccc1. The van der Waals surface area contributed by atoms with Crippen LogP contribution in [0.15, 0.2) is 77.5 Å². The van der Waals surface area contributed by atoms with E-state index in [1.807, 2.05) is 85.9 Å². The first-order chi connectivity index (χ1) is 10.7. The van der Waals surface area contributed by atoms with Crippen LogP contribution in [0.25, 0.3) is 0 Å². The van der Waals surface area contributed by atoms with Gasteiger partial charge in [-0.3, -0.25) is 4.79 Å². The first-order valence-corrected chi connectivity index (χ1v) is 7.09. The van der Waals surface area contributed by atoms with Gasteiger partial charge in [-0.25, -0.2) is 0 Å². The summed E-state index contributed by atoms with van der Waals surface area (Å²) in [6, 6.07) is 19.2. The minimum Gasteiger partial charge on any atom is -0.383 e. The van der Waals surface area contributed by atoms with E-state index in [0.29, 0.717) is 11.3 Å². The number of carbonyl (C=O) groups is 1. The molecule has 4 nitrogen and oxygen atoms in total. The largest absolute Gasteiger partial charge is 0.383 e. The second-order valence-corrected chi connectivity index (χ2v) is 5.27. The van der Waals surface area contributed by atoms with E-state index in [1.54, 1.807) is 0 Å². The van der Waals surface area contributed by atoms with Crippen molar-refractivity contribution >= 4 is 17.3 Å². The van der Waals surface area contributed by atoms with Crippen LogP contribution in [-0.2, 0) is 4.79 Å². The van der Waals surface area contributed by atoms with Gasteiger partial charge in [0.2, 0.25) is 0 Å². The number of hydrogen-bond acceptors (Lipinski definition) is 3. The first-order valence-electron chi connectivity index (χ1n) is 7.09. The van der Waals surface area contributed by atoms with Crippen LogP contribution in [0.2, 0.25) is 0 Å². The summed E-state index contributed by atoms with van der Waals surface area (Å²) in [5.74, 6) is -0.112. The molecule has 0 bridgehead atoms. The second kappa shape index (κ2) is 5.85. The number of carbonyl (C=O) groups excluding carboxylic acids is 1. The van der Waals surface area contributed by atoms with E-state index in [-0.39, 0.29) is 5.91 Å². The van der Waals surface area contributed by atoms with Gasteiger partial charge >= 0.3 is 0 Å². The quantitative estimate of drug-likeness (QED) is 0.815. The Balaban J connectivity index is 2.09. The summed E-state index contributed by atoms with van der Waals surface area (Å²) in [6.07, 6.45) is 1.82. The average Bonchev–Trinajstić information content (AvgIpc) is 2.86. The highest BCUT2D eigenvalue weighted by atomic mass is 16.2. The van der Waals surface area contributed by atoms with E-state index in [4.69, 9.17) is 0 Å². The van der Waals surface area contributed by atoms with Crippen molar-refractivity contribution in [2.45, 2.75) is 0 Å². The summed E-state index contributed by atoms with van der Waals surface area (Å²) in [4.78, 5) is 14.6. The Labute approximate surface area is 130 Å². The zero-order valence-corrected chi connectivity index (χ0v) is 12.6. The molecule has 2 aromatic carbocycles. The van der Waals surface area contributed by atoms with Crippen LogP contribution < -0.4 is 5.01 Å². The lowest BCUT2D eigenvalue weighted by Gasteiger charge is -2.11. The fourth-order valence-electron chi connectivity index (χ4n) is 2.34. The Morgan fingerprint density at radius 3 is 2.14 bits per heavy atom. The van der Waals surface area contributed by atoms with Gasteiger partial charge in [-0.05, 0) is 12.1 Å². The third kappa shape index (κ3) is 2.63. The van der Waals surface area contributed by atoms with E-state index in [0.717, 1.165) is 11.3 Å². The van der Waals surface area contributed by atoms with Crippen molar-refractivity contribution in [1.82, 2.24) is 4.90 Å². The predicted octanol–water partition coefficient (Wildman–Crippen LogP) is 2.88. The Morgan fingerprint density at radius 1 is 0.955 bits per heavy atom. The molecule has 4 heteroatoms. The Hall–Kier alpha value is -2.88. The lowest BCUT2D eigenvalue weighted by atomic mass is 10.0. The Morgan fingerprint density at radius 2 is 1.55 bits per heavy atom. The summed E-state index contributed by atoms with van der Waals surface area (Å²) < 4.78 is 0. The van der Waals surface area contributed by atoms with E-state index < -0.39 is 0 Å². The molecule has 22 heavy (non-hydrogen) atoms. The minimum atomic E-state index is -0.112. The standard InChI is InChI=1S/C18H17N3O/c1-20(2)13-16-17(14-9-5-3-6-10-14)19-21(18(16)22)15-11-7-4-8-12-15/h3-13H,1-2H3/b16-13+. The van der Waals surface area contributed by atoms with Gasteiger partial charge in [0.1, 0.15) is 5.71 Å². The van der Waals surface area contributed by atoms with Gasteiger partial charge in [-0.1, -0.05) is 48.5 Å². The molecule has 1 aliphatic heterocycles. The van der Waals surface area contributed by atoms with Crippen molar-refractivity contribution in [2.75, 3.05) is 19.1 Å². The molecule has 1 amide bonds. The summed E-state index contributed by atoms with van der Waals surface area (Å²) in [6.45, 7) is 0. The van der Waals surface area contributed by atoms with E-state index in [2.05, 4.69) is 5.10 Å². The van der Waals surface area contributed by atoms with Crippen molar-refractivity contribution in [1.29, 1.82) is 0 Å². The number of anilines is 1. The number of amides is 1. The van der Waals surface area contributed by atoms with Crippen molar-refractivity contribution < 1.29 is 4.79 Å². The lowest BCUT2D eigenvalue weighted by molar-refractivity contribution is -0.114. The molecule has 0 N–H and O–H groups in total. The minimum absolute atomic E-state index is 0.112. The molecule has 0 fully saturated rings. The number of hydrogen-bond donors (Lipinski definition) is 0. The molecule has 0 atom stereocenters. The molecular formula is C18H17N3O. The monoisotopic (exact) mass is 291 g/mol. The number of nitrogens with zero attached hydrogens (tertiary/aromatic N) is 3. The maximum Gasteiger partial charge on any atom is 0.282 e. The molecule has 0 saturated carbocycles. The van der Waals surface area contributed by atoms with Crippen LogP contribution in [0, 0.1) is 0 Å². The van der Waals surface area contributed by atoms with E-state index >= 15 is 0 Å². The zero-order valence-electron chi connectivity index (χ0n) is 12.6. The van der Waals surface area contributed by atoms with Crippen LogP contribution in [0.3, 0.4) is 0 Å². The highest BCUT2D eigenvalue weighted by Gasteiger charge is 2.32. The van der Waals surface area contributed by atoms with Crippen LogP contribution >= 0.6 is 0 Å². The highest BCUT2D eigenvalue weighted by molar-refractivity contribution is 6.35. The van der Waals surface area contributed by atoms with Crippen LogP contribution in [-0.4, -0.2) is 30.6 Å². The van der Waals surface area contributed by atoms with Gasteiger partial charge in [0.15, 0.2) is 0 Å². The molecule has 0 radical (unpaired) electrons. The van der Waals surface area contributed by atoms with Gasteiger partial charge in [0.05, 0.1) is 11.3 Å². The van der Waals surface area contributed by atoms with Crippen molar-refractivity contribution in [3.63, 3.8) is 0 Å². The topological polar surface area (TPSA) is 35.9 Å². The molecule has 1 aliphatic rings. The van der Waals surface area contributed by atoms with Crippen molar-refractivity contribution in [3.8, 4) is 0 Å². The number of para-hydroxylation sites is 1. The fraction of sp³-hybridized carbons (Fsp3) is 0.111. The van der Waals surface area contributed by atoms with Gasteiger partial charge in [-0.15, -0.1) is 0 Å². The van der Waals surface area contributed by atoms with Crippen molar-refractivity contribution in [2.24, 2.45) is 5.10 Å². The van der Waals surface area contributed by atoms with E-state index in [9.17, 15) is 4.79 Å². The molecule has 1 heterocycles. The zero-order chi connectivity index (χ0) is 15.5. The first kappa shape index (κ1) is 14.1. The van der Waals surface area contributed by atoms with Gasteiger partial charge in [0, 0.05) is 25.9 Å². The second-order valence-electron chi connectivity index (χ2n) is 5.27. The van der Waals surface area contributed by atoms with E-state index in [1.165, 1.54) is 5.01 Å². The molecule has 110 valence electrons. The smallest absolute Gasteiger partial charge is 0.282 e. The third-order valence-corrected chi connectivity index (χ3v) is 3.31. The number of hydrazone groups is 1. The van der Waals surface area contributed by atoms with Gasteiger partial charge < -0.3 is 4.90 Å². The molecule has 2 aromatic rings. The number of benzene rings is 2. The fourth-order valence-corrected chi connectivity index (χ4v) is 2.34. The maximum atomic E-state index is 12.7. The normalized spacial score (nSPS) is 16.1. The maximum absolute atomic E-state index is 12.7. The summed E-state index contributed by atoms with van der Waals surface area (Å²) in [5, 5.41) is 6.01.